The molecule has 1 fully saturated rings. The van der Waals surface area contributed by atoms with E-state index in [0.29, 0.717) is 0 Å². The van der Waals surface area contributed by atoms with Crippen LogP contribution >= 0.6 is 18.1 Å². The minimum absolute atomic E-state index is 0.00306. The normalized spacial score (nSPS) is 29.1. The van der Waals surface area contributed by atoms with Gasteiger partial charge in [0.05, 0.1) is 6.33 Å². The minimum Gasteiger partial charge on any atom is -0.387 e. The maximum Gasteiger partial charge on any atom is 0.323 e. The number of H-pyrrole nitrogens is 1. The largest absolute Gasteiger partial charge is 0.387 e. The van der Waals surface area contributed by atoms with Crippen molar-refractivity contribution in [1.82, 2.24) is 24.6 Å². The summed E-state index contributed by atoms with van der Waals surface area (Å²) in [7, 11) is 0. The van der Waals surface area contributed by atoms with E-state index in [-0.39, 0.29) is 23.7 Å². The smallest absolute Gasteiger partial charge is 0.323 e. The highest BCUT2D eigenvalue weighted by atomic mass is 32.7. The average Bonchev–Trinajstić information content (AvgIpc) is 3.08. The summed E-state index contributed by atoms with van der Waals surface area (Å²) in [4.78, 5) is 31.5. The highest BCUT2D eigenvalue weighted by molar-refractivity contribution is 8.55. The fourth-order valence-electron chi connectivity index (χ4n) is 2.53. The van der Waals surface area contributed by atoms with E-state index in [2.05, 4.69) is 20.0 Å². The van der Waals surface area contributed by atoms with Crippen molar-refractivity contribution >= 4 is 35.2 Å². The van der Waals surface area contributed by atoms with Crippen molar-refractivity contribution < 1.29 is 24.4 Å². The summed E-state index contributed by atoms with van der Waals surface area (Å²) in [5, 5.41) is 22.8. The number of aliphatic hydroxyl groups is 2. The van der Waals surface area contributed by atoms with Crippen LogP contribution in [-0.4, -0.2) is 65.7 Å². The number of nitrogens with two attached hydrogens (primary N) is 1. The summed E-state index contributed by atoms with van der Waals surface area (Å²) in [5.41, 5.74) is 5.06. The molecule has 138 valence electrons. The predicted molar refractivity (Wildman–Crippen MR) is 89.8 cm³/mol. The number of aliphatic hydroxyl groups excluding tert-OH is 2. The Morgan fingerprint density at radius 1 is 1.52 bits per heavy atom. The van der Waals surface area contributed by atoms with E-state index in [1.54, 1.807) is 0 Å². The van der Waals surface area contributed by atoms with Crippen LogP contribution in [0, 0.1) is 0 Å². The fourth-order valence-corrected chi connectivity index (χ4v) is 3.68. The van der Waals surface area contributed by atoms with Gasteiger partial charge in [-0.3, -0.25) is 18.9 Å². The molecule has 12 nitrogen and oxygen atoms in total. The third-order valence-electron chi connectivity index (χ3n) is 3.80. The van der Waals surface area contributed by atoms with Crippen LogP contribution in [0.25, 0.3) is 11.2 Å². The lowest BCUT2D eigenvalue weighted by molar-refractivity contribution is -0.0331. The van der Waals surface area contributed by atoms with Gasteiger partial charge >= 0.3 is 6.72 Å². The number of aromatic amines is 1. The Labute approximate surface area is 144 Å². The molecule has 3 heterocycles. The molecule has 0 saturated carbocycles. The number of imidazole rings is 1. The van der Waals surface area contributed by atoms with Crippen LogP contribution in [0.1, 0.15) is 6.23 Å². The summed E-state index contributed by atoms with van der Waals surface area (Å²) in [6.07, 6.45) is -2.03. The van der Waals surface area contributed by atoms with Gasteiger partial charge in [0.2, 0.25) is 5.95 Å². The van der Waals surface area contributed by atoms with E-state index in [4.69, 9.17) is 10.5 Å². The molecular weight excluding hydrogens is 375 g/mol. The van der Waals surface area contributed by atoms with E-state index in [1.165, 1.54) is 17.2 Å². The molecule has 1 aliphatic rings. The Balaban J connectivity index is 1.87. The average molecular weight is 392 g/mol. The lowest BCUT2D eigenvalue weighted by atomic mass is 10.1. The third kappa shape index (κ3) is 3.44. The molecule has 2 aromatic rings. The zero-order valence-electron chi connectivity index (χ0n) is 12.9. The van der Waals surface area contributed by atoms with Crippen LogP contribution in [0.15, 0.2) is 11.1 Å². The van der Waals surface area contributed by atoms with Crippen LogP contribution in [0.5, 0.6) is 0 Å². The van der Waals surface area contributed by atoms with Crippen LogP contribution < -0.4 is 16.4 Å². The van der Waals surface area contributed by atoms with Crippen molar-refractivity contribution in [3.8, 4) is 0 Å². The number of fused-ring (bicyclic) bond motifs is 1. The summed E-state index contributed by atoms with van der Waals surface area (Å²) >= 11 is 0.739. The Morgan fingerprint density at radius 2 is 2.24 bits per heavy atom. The standard InChI is InChI=1S/C11H17N6O6PS/c1-25-24(21,22)14-2-4-6(18)7(19)10(23-4)17-3-13-5-8(17)15-11(12)16-9(5)20/h3-4,6-7,10,18-19H,2H2,1H3,(H2,14,21,22)(H3,12,15,16,20)/t4-,6-,7-,10-/m1/s1. The van der Waals surface area contributed by atoms with Gasteiger partial charge < -0.3 is 25.6 Å². The summed E-state index contributed by atoms with van der Waals surface area (Å²) in [5.74, 6) is -0.133. The number of ether oxygens (including phenoxy) is 1. The van der Waals surface area contributed by atoms with Gasteiger partial charge in [-0.2, -0.15) is 4.98 Å². The molecule has 1 unspecified atom stereocenters. The molecule has 3 rings (SSSR count). The fraction of sp³-hybridized carbons (Fsp3) is 0.545. The molecule has 1 aliphatic heterocycles. The monoisotopic (exact) mass is 392 g/mol. The molecule has 0 radical (unpaired) electrons. The van der Waals surface area contributed by atoms with Crippen molar-refractivity contribution in [2.45, 2.75) is 24.5 Å². The van der Waals surface area contributed by atoms with Gasteiger partial charge in [-0.1, -0.05) is 11.4 Å². The highest BCUT2D eigenvalue weighted by Crippen LogP contribution is 2.48. The Hall–Kier alpha value is -1.47. The summed E-state index contributed by atoms with van der Waals surface area (Å²) in [6, 6.07) is 0. The van der Waals surface area contributed by atoms with Gasteiger partial charge in [0.25, 0.3) is 5.56 Å². The number of hydrogen-bond donors (Lipinski definition) is 6. The molecule has 25 heavy (non-hydrogen) atoms. The van der Waals surface area contributed by atoms with Crippen LogP contribution in [0.2, 0.25) is 0 Å². The molecular formula is C11H17N6O6PS. The molecule has 5 atom stereocenters. The van der Waals surface area contributed by atoms with E-state index < -0.39 is 36.8 Å². The maximum absolute atomic E-state index is 11.8. The first-order valence-corrected chi connectivity index (χ1v) is 10.6. The zero-order chi connectivity index (χ0) is 18.4. The lowest BCUT2D eigenvalue weighted by Crippen LogP contribution is -2.36. The van der Waals surface area contributed by atoms with Gasteiger partial charge in [0.1, 0.15) is 18.3 Å². The first-order valence-electron chi connectivity index (χ1n) is 7.11. The Morgan fingerprint density at radius 3 is 2.92 bits per heavy atom. The predicted octanol–water partition coefficient (Wildman–Crippen LogP) is -1.63. The molecule has 0 aromatic carbocycles. The van der Waals surface area contributed by atoms with E-state index >= 15 is 0 Å². The molecule has 0 spiro atoms. The van der Waals surface area contributed by atoms with Crippen molar-refractivity contribution in [3.05, 3.63) is 16.7 Å². The summed E-state index contributed by atoms with van der Waals surface area (Å²) < 4.78 is 18.5. The van der Waals surface area contributed by atoms with Crippen LogP contribution in [-0.2, 0) is 9.30 Å². The number of hydrogen-bond acceptors (Lipinski definition) is 9. The van der Waals surface area contributed by atoms with Crippen molar-refractivity contribution in [2.75, 3.05) is 18.5 Å². The molecule has 14 heteroatoms. The second-order valence-corrected chi connectivity index (χ2v) is 9.69. The summed E-state index contributed by atoms with van der Waals surface area (Å²) in [6.45, 7) is -3.76. The second kappa shape index (κ2) is 6.68. The van der Waals surface area contributed by atoms with Gasteiger partial charge in [0, 0.05) is 6.54 Å². The van der Waals surface area contributed by atoms with Gasteiger partial charge in [-0.05, 0) is 6.26 Å². The number of nitrogen functional groups attached to an aromatic ring is 1. The zero-order valence-corrected chi connectivity index (χ0v) is 14.6. The van der Waals surface area contributed by atoms with Gasteiger partial charge in [-0.25, -0.2) is 10.1 Å². The lowest BCUT2D eigenvalue weighted by Gasteiger charge is -2.17. The van der Waals surface area contributed by atoms with Gasteiger partial charge in [-0.15, -0.1) is 0 Å². The van der Waals surface area contributed by atoms with E-state index in [9.17, 15) is 24.5 Å². The molecule has 0 amide bonds. The third-order valence-corrected chi connectivity index (χ3v) is 6.75. The second-order valence-electron chi connectivity index (χ2n) is 5.39. The SMILES string of the molecule is CSP(=O)(O)NC[C@H]1O[C@@H](n2cnc3c(=O)[nH]c(N)nc32)[C@H](O)[C@@H]1O. The van der Waals surface area contributed by atoms with Crippen molar-refractivity contribution in [2.24, 2.45) is 0 Å². The Bertz CT molecular complexity index is 888. The quantitative estimate of drug-likeness (QED) is 0.321. The van der Waals surface area contributed by atoms with Crippen LogP contribution in [0.4, 0.5) is 5.95 Å². The topological polar surface area (TPSA) is 189 Å². The molecule has 1 saturated heterocycles. The first kappa shape index (κ1) is 18.3. The minimum atomic E-state index is -3.60. The number of nitrogens with zero attached hydrogens (tertiary/aromatic N) is 3. The number of aromatic nitrogens is 4. The Kier molecular flexibility index (Phi) is 4.90. The first-order chi connectivity index (χ1) is 11.7. The molecule has 0 bridgehead atoms. The molecule has 2 aromatic heterocycles. The van der Waals surface area contributed by atoms with E-state index in [1.807, 2.05) is 0 Å². The van der Waals surface area contributed by atoms with Gasteiger partial charge in [0.15, 0.2) is 17.4 Å². The highest BCUT2D eigenvalue weighted by Gasteiger charge is 2.44. The van der Waals surface area contributed by atoms with Crippen LogP contribution in [0.3, 0.4) is 0 Å². The maximum atomic E-state index is 11.8. The number of rotatable bonds is 5. The number of nitrogens with one attached hydrogen (secondary N) is 2. The molecule has 0 aliphatic carbocycles. The molecule has 7 N–H and O–H groups in total. The van der Waals surface area contributed by atoms with E-state index in [0.717, 1.165) is 11.4 Å². The van der Waals surface area contributed by atoms with Crippen molar-refractivity contribution in [3.63, 3.8) is 0 Å². The number of anilines is 1. The van der Waals surface area contributed by atoms with Crippen molar-refractivity contribution in [1.29, 1.82) is 0 Å².